The van der Waals surface area contributed by atoms with Crippen molar-refractivity contribution in [2.24, 2.45) is 5.92 Å². The standard InChI is InChI=1S/C12H21N3/c1-10(2)5-4-6-11(3)15-12-7-8-13-9-14-12/h7-11H,4-6H2,1-3H3,(H,13,14,15). The minimum Gasteiger partial charge on any atom is -0.368 e. The Morgan fingerprint density at radius 3 is 2.67 bits per heavy atom. The maximum atomic E-state index is 4.14. The summed E-state index contributed by atoms with van der Waals surface area (Å²) in [5.41, 5.74) is 0. The van der Waals surface area contributed by atoms with Crippen LogP contribution in [-0.4, -0.2) is 16.0 Å². The summed E-state index contributed by atoms with van der Waals surface area (Å²) in [5.74, 6) is 1.72. The summed E-state index contributed by atoms with van der Waals surface area (Å²) in [4.78, 5) is 8.03. The van der Waals surface area contributed by atoms with Crippen molar-refractivity contribution in [3.63, 3.8) is 0 Å². The maximum absolute atomic E-state index is 4.14. The Morgan fingerprint density at radius 2 is 2.07 bits per heavy atom. The highest BCUT2D eigenvalue weighted by molar-refractivity contribution is 5.32. The van der Waals surface area contributed by atoms with Gasteiger partial charge in [-0.3, -0.25) is 0 Å². The van der Waals surface area contributed by atoms with E-state index in [0.717, 1.165) is 11.7 Å². The van der Waals surface area contributed by atoms with E-state index in [9.17, 15) is 0 Å². The molecule has 1 heterocycles. The molecule has 1 atom stereocenters. The fraction of sp³-hybridized carbons (Fsp3) is 0.667. The van der Waals surface area contributed by atoms with Gasteiger partial charge in [-0.05, 0) is 25.3 Å². The van der Waals surface area contributed by atoms with Crippen LogP contribution in [0, 0.1) is 5.92 Å². The van der Waals surface area contributed by atoms with Crippen molar-refractivity contribution in [2.45, 2.75) is 46.1 Å². The van der Waals surface area contributed by atoms with Crippen LogP contribution in [0.5, 0.6) is 0 Å². The average Bonchev–Trinajstić information content (AvgIpc) is 2.18. The Morgan fingerprint density at radius 1 is 1.27 bits per heavy atom. The molecule has 1 aromatic rings. The molecule has 0 saturated heterocycles. The molecule has 1 unspecified atom stereocenters. The number of anilines is 1. The van der Waals surface area contributed by atoms with Crippen molar-refractivity contribution < 1.29 is 0 Å². The first-order valence-electron chi connectivity index (χ1n) is 5.71. The van der Waals surface area contributed by atoms with Gasteiger partial charge in [-0.25, -0.2) is 9.97 Å². The number of nitrogens with one attached hydrogen (secondary N) is 1. The highest BCUT2D eigenvalue weighted by atomic mass is 15.0. The molecule has 0 aliphatic carbocycles. The molecule has 1 N–H and O–H groups in total. The highest BCUT2D eigenvalue weighted by Crippen LogP contribution is 2.11. The lowest BCUT2D eigenvalue weighted by Crippen LogP contribution is -2.16. The molecule has 1 aromatic heterocycles. The van der Waals surface area contributed by atoms with Crippen molar-refractivity contribution in [3.05, 3.63) is 18.6 Å². The van der Waals surface area contributed by atoms with Crippen molar-refractivity contribution in [2.75, 3.05) is 5.32 Å². The van der Waals surface area contributed by atoms with Gasteiger partial charge >= 0.3 is 0 Å². The first-order chi connectivity index (χ1) is 7.18. The summed E-state index contributed by atoms with van der Waals surface area (Å²) >= 11 is 0. The van der Waals surface area contributed by atoms with Crippen LogP contribution in [0.4, 0.5) is 5.82 Å². The fourth-order valence-electron chi connectivity index (χ4n) is 1.53. The summed E-state index contributed by atoms with van der Waals surface area (Å²) in [6.45, 7) is 6.73. The molecule has 0 aromatic carbocycles. The number of hydrogen-bond donors (Lipinski definition) is 1. The van der Waals surface area contributed by atoms with Gasteiger partial charge in [0.15, 0.2) is 0 Å². The van der Waals surface area contributed by atoms with E-state index in [1.54, 1.807) is 12.5 Å². The Labute approximate surface area is 92.3 Å². The lowest BCUT2D eigenvalue weighted by atomic mass is 10.0. The van der Waals surface area contributed by atoms with E-state index in [1.165, 1.54) is 19.3 Å². The second-order valence-electron chi connectivity index (χ2n) is 4.46. The Balaban J connectivity index is 2.21. The van der Waals surface area contributed by atoms with E-state index in [-0.39, 0.29) is 0 Å². The first-order valence-corrected chi connectivity index (χ1v) is 5.71. The van der Waals surface area contributed by atoms with Gasteiger partial charge < -0.3 is 5.32 Å². The van der Waals surface area contributed by atoms with Gasteiger partial charge in [0.1, 0.15) is 12.1 Å². The smallest absolute Gasteiger partial charge is 0.129 e. The van der Waals surface area contributed by atoms with Crippen molar-refractivity contribution in [1.29, 1.82) is 0 Å². The topological polar surface area (TPSA) is 37.8 Å². The van der Waals surface area contributed by atoms with Crippen LogP contribution in [0.1, 0.15) is 40.0 Å². The molecular formula is C12H21N3. The monoisotopic (exact) mass is 207 g/mol. The van der Waals surface area contributed by atoms with Gasteiger partial charge in [0, 0.05) is 12.2 Å². The van der Waals surface area contributed by atoms with E-state index in [4.69, 9.17) is 0 Å². The molecule has 15 heavy (non-hydrogen) atoms. The number of aromatic nitrogens is 2. The van der Waals surface area contributed by atoms with Crippen LogP contribution in [0.25, 0.3) is 0 Å². The summed E-state index contributed by atoms with van der Waals surface area (Å²) in [6, 6.07) is 2.39. The van der Waals surface area contributed by atoms with E-state index < -0.39 is 0 Å². The summed E-state index contributed by atoms with van der Waals surface area (Å²) in [7, 11) is 0. The van der Waals surface area contributed by atoms with Crippen LogP contribution in [-0.2, 0) is 0 Å². The molecule has 0 fully saturated rings. The molecule has 3 heteroatoms. The van der Waals surface area contributed by atoms with Gasteiger partial charge in [0.25, 0.3) is 0 Å². The first kappa shape index (κ1) is 12.0. The minimum atomic E-state index is 0.485. The van der Waals surface area contributed by atoms with Crippen LogP contribution in [0.15, 0.2) is 18.6 Å². The third kappa shape index (κ3) is 5.35. The quantitative estimate of drug-likeness (QED) is 0.779. The molecule has 1 rings (SSSR count). The summed E-state index contributed by atoms with van der Waals surface area (Å²) in [6.07, 6.45) is 7.11. The van der Waals surface area contributed by atoms with Gasteiger partial charge in [0.05, 0.1) is 0 Å². The Kier molecular flexibility index (Phi) is 5.08. The molecule has 3 nitrogen and oxygen atoms in total. The lowest BCUT2D eigenvalue weighted by molar-refractivity contribution is 0.520. The maximum Gasteiger partial charge on any atom is 0.129 e. The highest BCUT2D eigenvalue weighted by Gasteiger charge is 2.03. The van der Waals surface area contributed by atoms with E-state index in [2.05, 4.69) is 36.1 Å². The molecule has 0 radical (unpaired) electrons. The van der Waals surface area contributed by atoms with E-state index in [1.807, 2.05) is 6.07 Å². The molecule has 0 saturated carbocycles. The largest absolute Gasteiger partial charge is 0.368 e. The van der Waals surface area contributed by atoms with Crippen molar-refractivity contribution >= 4 is 5.82 Å². The number of rotatable bonds is 6. The van der Waals surface area contributed by atoms with Crippen molar-refractivity contribution in [1.82, 2.24) is 9.97 Å². The zero-order valence-electron chi connectivity index (χ0n) is 9.90. The zero-order valence-corrected chi connectivity index (χ0v) is 9.90. The normalized spacial score (nSPS) is 12.8. The molecule has 0 amide bonds. The molecule has 0 bridgehead atoms. The third-order valence-electron chi connectivity index (χ3n) is 2.39. The SMILES string of the molecule is CC(C)CCCC(C)Nc1ccncn1. The van der Waals surface area contributed by atoms with Gasteiger partial charge in [0.2, 0.25) is 0 Å². The molecule has 0 aliphatic heterocycles. The molecule has 84 valence electrons. The molecular weight excluding hydrogens is 186 g/mol. The minimum absolute atomic E-state index is 0.485. The Hall–Kier alpha value is -1.12. The van der Waals surface area contributed by atoms with Gasteiger partial charge in [-0.2, -0.15) is 0 Å². The second kappa shape index (κ2) is 6.38. The predicted octanol–water partition coefficient (Wildman–Crippen LogP) is 3.10. The van der Waals surface area contributed by atoms with Crippen LogP contribution in [0.2, 0.25) is 0 Å². The zero-order chi connectivity index (χ0) is 11.1. The Bertz CT molecular complexity index is 259. The average molecular weight is 207 g/mol. The van der Waals surface area contributed by atoms with Gasteiger partial charge in [-0.1, -0.05) is 26.7 Å². The summed E-state index contributed by atoms with van der Waals surface area (Å²) < 4.78 is 0. The van der Waals surface area contributed by atoms with Crippen molar-refractivity contribution in [3.8, 4) is 0 Å². The van der Waals surface area contributed by atoms with Crippen LogP contribution < -0.4 is 5.32 Å². The third-order valence-corrected chi connectivity index (χ3v) is 2.39. The lowest BCUT2D eigenvalue weighted by Gasteiger charge is -2.14. The van der Waals surface area contributed by atoms with Crippen LogP contribution >= 0.6 is 0 Å². The number of hydrogen-bond acceptors (Lipinski definition) is 3. The van der Waals surface area contributed by atoms with E-state index in [0.29, 0.717) is 6.04 Å². The molecule has 0 aliphatic rings. The van der Waals surface area contributed by atoms with Gasteiger partial charge in [-0.15, -0.1) is 0 Å². The van der Waals surface area contributed by atoms with Crippen LogP contribution in [0.3, 0.4) is 0 Å². The number of nitrogens with zero attached hydrogens (tertiary/aromatic N) is 2. The summed E-state index contributed by atoms with van der Waals surface area (Å²) in [5, 5.41) is 3.36. The second-order valence-corrected chi connectivity index (χ2v) is 4.46. The fourth-order valence-corrected chi connectivity index (χ4v) is 1.53. The predicted molar refractivity (Wildman–Crippen MR) is 63.8 cm³/mol. The molecule has 0 spiro atoms. The van der Waals surface area contributed by atoms with E-state index >= 15 is 0 Å².